The van der Waals surface area contributed by atoms with Crippen LogP contribution < -0.4 is 0 Å². The van der Waals surface area contributed by atoms with Gasteiger partial charge < -0.3 is 4.57 Å². The van der Waals surface area contributed by atoms with Crippen LogP contribution in [-0.2, 0) is 6.54 Å². The molecule has 0 amide bonds. The smallest absolute Gasteiger partial charge is 0.256 e. The van der Waals surface area contributed by atoms with Gasteiger partial charge in [-0.3, -0.25) is 0 Å². The lowest BCUT2D eigenvalue weighted by atomic mass is 10.3. The molecule has 0 N–H and O–H groups in total. The molecular formula is C12H17F2N3. The van der Waals surface area contributed by atoms with Gasteiger partial charge in [0, 0.05) is 5.69 Å². The molecular weight excluding hydrogens is 224 g/mol. The fraction of sp³-hybridized carbons (Fsp3) is 0.500. The zero-order valence-electron chi connectivity index (χ0n) is 10.5. The van der Waals surface area contributed by atoms with E-state index in [1.807, 2.05) is 26.8 Å². The highest BCUT2D eigenvalue weighted by molar-refractivity contribution is 5.71. The Morgan fingerprint density at radius 2 is 1.82 bits per heavy atom. The number of halogens is 2. The van der Waals surface area contributed by atoms with Crippen molar-refractivity contribution in [3.63, 3.8) is 0 Å². The maximum atomic E-state index is 12.3. The SMILES string of the molecule is CC.Cc1ccc2nc(C)n(CC(F)F)c2n1. The third-order valence-electron chi connectivity index (χ3n) is 2.24. The first-order chi connectivity index (χ1) is 8.08. The van der Waals surface area contributed by atoms with Gasteiger partial charge in [0.05, 0.1) is 6.54 Å². The molecule has 5 heteroatoms. The normalized spacial score (nSPS) is 10.5. The number of hydrogen-bond donors (Lipinski definition) is 0. The Labute approximate surface area is 99.5 Å². The van der Waals surface area contributed by atoms with Crippen molar-refractivity contribution in [2.75, 3.05) is 0 Å². The van der Waals surface area contributed by atoms with Crippen molar-refractivity contribution in [2.45, 2.75) is 40.7 Å². The molecule has 0 saturated heterocycles. The van der Waals surface area contributed by atoms with E-state index in [4.69, 9.17) is 0 Å². The summed E-state index contributed by atoms with van der Waals surface area (Å²) in [6.45, 7) is 7.19. The van der Waals surface area contributed by atoms with Crippen LogP contribution in [-0.4, -0.2) is 21.0 Å². The van der Waals surface area contributed by atoms with Gasteiger partial charge in [0.1, 0.15) is 11.3 Å². The predicted molar refractivity (Wildman–Crippen MR) is 64.4 cm³/mol. The number of aromatic nitrogens is 3. The third kappa shape index (κ3) is 2.99. The molecule has 0 radical (unpaired) electrons. The van der Waals surface area contributed by atoms with Crippen molar-refractivity contribution >= 4 is 11.2 Å². The monoisotopic (exact) mass is 241 g/mol. The minimum absolute atomic E-state index is 0.348. The molecule has 0 aliphatic carbocycles. The van der Waals surface area contributed by atoms with Gasteiger partial charge in [-0.15, -0.1) is 0 Å². The van der Waals surface area contributed by atoms with Crippen LogP contribution in [0.5, 0.6) is 0 Å². The van der Waals surface area contributed by atoms with Gasteiger partial charge in [0.25, 0.3) is 6.43 Å². The number of nitrogens with zero attached hydrogens (tertiary/aromatic N) is 3. The van der Waals surface area contributed by atoms with Gasteiger partial charge in [-0.25, -0.2) is 18.7 Å². The third-order valence-corrected chi connectivity index (χ3v) is 2.24. The molecule has 0 saturated carbocycles. The van der Waals surface area contributed by atoms with E-state index in [-0.39, 0.29) is 6.54 Å². The second-order valence-corrected chi connectivity index (χ2v) is 3.46. The summed E-state index contributed by atoms with van der Waals surface area (Å²) < 4.78 is 26.1. The van der Waals surface area contributed by atoms with Gasteiger partial charge in [-0.2, -0.15) is 0 Å². The summed E-state index contributed by atoms with van der Waals surface area (Å²) in [6, 6.07) is 3.62. The van der Waals surface area contributed by atoms with Gasteiger partial charge in [-0.1, -0.05) is 13.8 Å². The Bertz CT molecular complexity index is 492. The van der Waals surface area contributed by atoms with Crippen LogP contribution in [0, 0.1) is 13.8 Å². The van der Waals surface area contributed by atoms with E-state index in [1.165, 1.54) is 4.57 Å². The molecule has 0 aromatic carbocycles. The lowest BCUT2D eigenvalue weighted by Crippen LogP contribution is -2.08. The standard InChI is InChI=1S/C10H11F2N3.C2H6/c1-6-3-4-8-10(13-6)15(5-9(11)12)7(2)14-8;1-2/h3-4,9H,5H2,1-2H3;1-2H3. The van der Waals surface area contributed by atoms with Crippen molar-refractivity contribution in [1.82, 2.24) is 14.5 Å². The number of pyridine rings is 1. The summed E-state index contributed by atoms with van der Waals surface area (Å²) in [5, 5.41) is 0. The Hall–Kier alpha value is -1.52. The first-order valence-corrected chi connectivity index (χ1v) is 5.66. The number of rotatable bonds is 2. The van der Waals surface area contributed by atoms with Crippen LogP contribution in [0.3, 0.4) is 0 Å². The minimum atomic E-state index is -2.39. The summed E-state index contributed by atoms with van der Waals surface area (Å²) in [5.74, 6) is 0.573. The maximum Gasteiger partial charge on any atom is 0.256 e. The zero-order chi connectivity index (χ0) is 13.0. The molecule has 94 valence electrons. The van der Waals surface area contributed by atoms with E-state index in [0.29, 0.717) is 17.0 Å². The van der Waals surface area contributed by atoms with E-state index in [9.17, 15) is 8.78 Å². The Morgan fingerprint density at radius 1 is 1.18 bits per heavy atom. The average molecular weight is 241 g/mol. The second-order valence-electron chi connectivity index (χ2n) is 3.46. The van der Waals surface area contributed by atoms with Gasteiger partial charge in [0.2, 0.25) is 0 Å². The Kier molecular flexibility index (Phi) is 4.54. The molecule has 0 bridgehead atoms. The van der Waals surface area contributed by atoms with Crippen molar-refractivity contribution in [3.05, 3.63) is 23.7 Å². The number of aryl methyl sites for hydroxylation is 2. The Morgan fingerprint density at radius 3 is 2.41 bits per heavy atom. The topological polar surface area (TPSA) is 30.7 Å². The number of fused-ring (bicyclic) bond motifs is 1. The lowest BCUT2D eigenvalue weighted by Gasteiger charge is -2.04. The minimum Gasteiger partial charge on any atom is -0.307 e. The summed E-state index contributed by atoms with van der Waals surface area (Å²) in [6.07, 6.45) is -2.39. The zero-order valence-corrected chi connectivity index (χ0v) is 10.5. The van der Waals surface area contributed by atoms with Crippen molar-refractivity contribution < 1.29 is 8.78 Å². The van der Waals surface area contributed by atoms with Gasteiger partial charge >= 0.3 is 0 Å². The fourth-order valence-electron chi connectivity index (χ4n) is 1.57. The predicted octanol–water partition coefficient (Wildman–Crippen LogP) is 3.34. The highest BCUT2D eigenvalue weighted by Gasteiger charge is 2.12. The molecule has 0 spiro atoms. The first kappa shape index (κ1) is 13.5. The largest absolute Gasteiger partial charge is 0.307 e. The van der Waals surface area contributed by atoms with Gasteiger partial charge in [-0.05, 0) is 26.0 Å². The molecule has 3 nitrogen and oxygen atoms in total. The molecule has 0 unspecified atom stereocenters. The van der Waals surface area contributed by atoms with Crippen LogP contribution in [0.25, 0.3) is 11.2 Å². The molecule has 0 aliphatic heterocycles. The molecule has 2 aromatic rings. The van der Waals surface area contributed by atoms with E-state index in [0.717, 1.165) is 5.69 Å². The van der Waals surface area contributed by atoms with E-state index in [2.05, 4.69) is 9.97 Å². The number of alkyl halides is 2. The molecule has 2 aromatic heterocycles. The quantitative estimate of drug-likeness (QED) is 0.807. The molecule has 2 rings (SSSR count). The van der Waals surface area contributed by atoms with Crippen LogP contribution in [0.4, 0.5) is 8.78 Å². The van der Waals surface area contributed by atoms with Crippen molar-refractivity contribution in [1.29, 1.82) is 0 Å². The lowest BCUT2D eigenvalue weighted by molar-refractivity contribution is 0.127. The van der Waals surface area contributed by atoms with E-state index in [1.54, 1.807) is 13.0 Å². The van der Waals surface area contributed by atoms with Crippen LogP contribution in [0.2, 0.25) is 0 Å². The number of hydrogen-bond acceptors (Lipinski definition) is 2. The molecule has 17 heavy (non-hydrogen) atoms. The second kappa shape index (κ2) is 5.70. The molecule has 2 heterocycles. The first-order valence-electron chi connectivity index (χ1n) is 5.66. The maximum absolute atomic E-state index is 12.3. The highest BCUT2D eigenvalue weighted by atomic mass is 19.3. The fourth-order valence-corrected chi connectivity index (χ4v) is 1.57. The van der Waals surface area contributed by atoms with E-state index < -0.39 is 6.43 Å². The van der Waals surface area contributed by atoms with Gasteiger partial charge in [0.15, 0.2) is 5.65 Å². The highest BCUT2D eigenvalue weighted by Crippen LogP contribution is 2.15. The molecule has 0 aliphatic rings. The van der Waals surface area contributed by atoms with Crippen molar-refractivity contribution in [3.8, 4) is 0 Å². The molecule has 0 fully saturated rings. The van der Waals surface area contributed by atoms with E-state index >= 15 is 0 Å². The van der Waals surface area contributed by atoms with Crippen molar-refractivity contribution in [2.24, 2.45) is 0 Å². The van der Waals surface area contributed by atoms with Crippen LogP contribution in [0.1, 0.15) is 25.4 Å². The number of imidazole rings is 1. The summed E-state index contributed by atoms with van der Waals surface area (Å²) in [4.78, 5) is 8.39. The Balaban J connectivity index is 0.000000686. The summed E-state index contributed by atoms with van der Waals surface area (Å²) >= 11 is 0. The van der Waals surface area contributed by atoms with Crippen LogP contribution in [0.15, 0.2) is 12.1 Å². The average Bonchev–Trinajstić information content (AvgIpc) is 2.58. The van der Waals surface area contributed by atoms with Crippen LogP contribution >= 0.6 is 0 Å². The molecule has 0 atom stereocenters. The summed E-state index contributed by atoms with van der Waals surface area (Å²) in [7, 11) is 0. The summed E-state index contributed by atoms with van der Waals surface area (Å²) in [5.41, 5.74) is 2.00.